The number of carbonyl (C=O) groups excluding carboxylic acids is 1. The Morgan fingerprint density at radius 1 is 1.25 bits per heavy atom. The molecule has 1 aromatic heterocycles. The maximum absolute atomic E-state index is 12.9. The summed E-state index contributed by atoms with van der Waals surface area (Å²) in [6.07, 6.45) is 3.59. The lowest BCUT2D eigenvalue weighted by molar-refractivity contribution is 0.0940. The van der Waals surface area contributed by atoms with E-state index in [0.29, 0.717) is 11.3 Å². The van der Waals surface area contributed by atoms with E-state index in [1.54, 1.807) is 13.3 Å². The number of hydrogen-bond donors (Lipinski definition) is 2. The molecule has 6 nitrogen and oxygen atoms in total. The van der Waals surface area contributed by atoms with Gasteiger partial charge in [-0.15, -0.1) is 0 Å². The second-order valence-electron chi connectivity index (χ2n) is 6.90. The van der Waals surface area contributed by atoms with E-state index in [0.717, 1.165) is 42.1 Å². The van der Waals surface area contributed by atoms with Gasteiger partial charge in [0.1, 0.15) is 11.5 Å². The highest BCUT2D eigenvalue weighted by Crippen LogP contribution is 2.28. The van der Waals surface area contributed by atoms with Gasteiger partial charge in [0.15, 0.2) is 0 Å². The Bertz CT molecular complexity index is 979. The Morgan fingerprint density at radius 2 is 2.07 bits per heavy atom. The fraction of sp³-hybridized carbons (Fsp3) is 0.273. The summed E-state index contributed by atoms with van der Waals surface area (Å²) in [7, 11) is 1.62. The molecule has 0 aliphatic carbocycles. The van der Waals surface area contributed by atoms with E-state index in [2.05, 4.69) is 21.6 Å². The Labute approximate surface area is 163 Å². The van der Waals surface area contributed by atoms with E-state index in [1.165, 1.54) is 5.56 Å². The highest BCUT2D eigenvalue weighted by molar-refractivity contribution is 5.99. The molecular weight excluding hydrogens is 354 g/mol. The standard InChI is InChI=1S/C22H23N3O3/c1-14(16-7-10-20-17(12-16)4-3-11-28-20)24-22(26)19-13-23-25-21(19)15-5-8-18(27-2)9-6-15/h5-10,12-14H,3-4,11H2,1-2H3,(H,23,25)(H,24,26)/t14-/m1/s1. The minimum Gasteiger partial charge on any atom is -0.497 e. The van der Waals surface area contributed by atoms with Crippen LogP contribution in [0.2, 0.25) is 0 Å². The first-order valence-electron chi connectivity index (χ1n) is 9.40. The van der Waals surface area contributed by atoms with Crippen LogP contribution < -0.4 is 14.8 Å². The van der Waals surface area contributed by atoms with E-state index in [1.807, 2.05) is 43.3 Å². The second-order valence-corrected chi connectivity index (χ2v) is 6.90. The Balaban J connectivity index is 1.52. The third kappa shape index (κ3) is 3.58. The van der Waals surface area contributed by atoms with Gasteiger partial charge in [-0.25, -0.2) is 0 Å². The van der Waals surface area contributed by atoms with Gasteiger partial charge in [0.05, 0.1) is 37.2 Å². The number of nitrogens with zero attached hydrogens (tertiary/aromatic N) is 1. The number of aromatic amines is 1. The van der Waals surface area contributed by atoms with Crippen molar-refractivity contribution in [2.45, 2.75) is 25.8 Å². The molecule has 2 heterocycles. The molecule has 28 heavy (non-hydrogen) atoms. The molecule has 0 unspecified atom stereocenters. The highest BCUT2D eigenvalue weighted by Gasteiger charge is 2.19. The van der Waals surface area contributed by atoms with Crippen LogP contribution in [0.4, 0.5) is 0 Å². The van der Waals surface area contributed by atoms with Crippen LogP contribution in [0.25, 0.3) is 11.3 Å². The molecule has 0 fully saturated rings. The van der Waals surface area contributed by atoms with Crippen molar-refractivity contribution in [3.63, 3.8) is 0 Å². The van der Waals surface area contributed by atoms with Crippen molar-refractivity contribution in [1.82, 2.24) is 15.5 Å². The molecule has 2 aromatic carbocycles. The van der Waals surface area contributed by atoms with Gasteiger partial charge < -0.3 is 14.8 Å². The number of methoxy groups -OCH3 is 1. The fourth-order valence-electron chi connectivity index (χ4n) is 3.44. The number of carbonyl (C=O) groups is 1. The SMILES string of the molecule is COc1ccc(-c2[nH]ncc2C(=O)N[C@H](C)c2ccc3c(c2)CCCO3)cc1. The topological polar surface area (TPSA) is 76.2 Å². The molecule has 144 valence electrons. The van der Waals surface area contributed by atoms with Gasteiger partial charge >= 0.3 is 0 Å². The van der Waals surface area contributed by atoms with E-state index in [9.17, 15) is 4.79 Å². The molecule has 1 aliphatic rings. The molecule has 1 aliphatic heterocycles. The number of benzene rings is 2. The highest BCUT2D eigenvalue weighted by atomic mass is 16.5. The van der Waals surface area contributed by atoms with Crippen LogP contribution in [0.15, 0.2) is 48.7 Å². The number of amides is 1. The summed E-state index contributed by atoms with van der Waals surface area (Å²) in [4.78, 5) is 12.9. The van der Waals surface area contributed by atoms with Crippen molar-refractivity contribution < 1.29 is 14.3 Å². The zero-order valence-electron chi connectivity index (χ0n) is 16.0. The van der Waals surface area contributed by atoms with Crippen LogP contribution in [0, 0.1) is 0 Å². The molecule has 1 atom stereocenters. The molecule has 2 N–H and O–H groups in total. The largest absolute Gasteiger partial charge is 0.497 e. The summed E-state index contributed by atoms with van der Waals surface area (Å²) < 4.78 is 10.9. The molecule has 0 bridgehead atoms. The summed E-state index contributed by atoms with van der Waals surface area (Å²) in [6, 6.07) is 13.5. The fourth-order valence-corrected chi connectivity index (χ4v) is 3.44. The summed E-state index contributed by atoms with van der Waals surface area (Å²) in [5, 5.41) is 10.1. The van der Waals surface area contributed by atoms with Crippen molar-refractivity contribution in [1.29, 1.82) is 0 Å². The first-order valence-corrected chi connectivity index (χ1v) is 9.40. The Kier molecular flexibility index (Phi) is 5.02. The number of ether oxygens (including phenoxy) is 2. The first-order chi connectivity index (χ1) is 13.7. The average Bonchev–Trinajstić information content (AvgIpc) is 3.23. The summed E-state index contributed by atoms with van der Waals surface area (Å²) >= 11 is 0. The summed E-state index contributed by atoms with van der Waals surface area (Å²) in [6.45, 7) is 2.75. The number of nitrogens with one attached hydrogen (secondary N) is 2. The molecule has 4 rings (SSSR count). The van der Waals surface area contributed by atoms with Crippen molar-refractivity contribution in [2.75, 3.05) is 13.7 Å². The van der Waals surface area contributed by atoms with Crippen LogP contribution in [0.5, 0.6) is 11.5 Å². The molecule has 6 heteroatoms. The quantitative estimate of drug-likeness (QED) is 0.707. The third-order valence-corrected chi connectivity index (χ3v) is 5.04. The number of fused-ring (bicyclic) bond motifs is 1. The van der Waals surface area contributed by atoms with Crippen molar-refractivity contribution in [2.24, 2.45) is 0 Å². The van der Waals surface area contributed by atoms with E-state index in [-0.39, 0.29) is 11.9 Å². The van der Waals surface area contributed by atoms with Gasteiger partial charge in [0, 0.05) is 5.56 Å². The zero-order valence-corrected chi connectivity index (χ0v) is 16.0. The summed E-state index contributed by atoms with van der Waals surface area (Å²) in [5.41, 5.74) is 4.34. The van der Waals surface area contributed by atoms with E-state index >= 15 is 0 Å². The number of hydrogen-bond acceptors (Lipinski definition) is 4. The second kappa shape index (κ2) is 7.76. The van der Waals surface area contributed by atoms with Crippen molar-refractivity contribution in [3.05, 3.63) is 65.4 Å². The average molecular weight is 377 g/mol. The van der Waals surface area contributed by atoms with E-state index in [4.69, 9.17) is 9.47 Å². The van der Waals surface area contributed by atoms with Crippen LogP contribution in [0.1, 0.15) is 40.9 Å². The van der Waals surface area contributed by atoms with Crippen LogP contribution in [-0.2, 0) is 6.42 Å². The van der Waals surface area contributed by atoms with E-state index < -0.39 is 0 Å². The van der Waals surface area contributed by atoms with Gasteiger partial charge in [0.2, 0.25) is 0 Å². The van der Waals surface area contributed by atoms with Gasteiger partial charge in [-0.1, -0.05) is 12.1 Å². The molecule has 1 amide bonds. The molecule has 0 saturated carbocycles. The lowest BCUT2D eigenvalue weighted by atomic mass is 9.99. The maximum atomic E-state index is 12.9. The molecule has 0 saturated heterocycles. The zero-order chi connectivity index (χ0) is 19.5. The predicted molar refractivity (Wildman–Crippen MR) is 107 cm³/mol. The van der Waals surface area contributed by atoms with Crippen molar-refractivity contribution >= 4 is 5.91 Å². The number of rotatable bonds is 5. The molecular formula is C22H23N3O3. The smallest absolute Gasteiger partial charge is 0.255 e. The lowest BCUT2D eigenvalue weighted by Crippen LogP contribution is -2.27. The molecule has 0 radical (unpaired) electrons. The van der Waals surface area contributed by atoms with Crippen LogP contribution >= 0.6 is 0 Å². The van der Waals surface area contributed by atoms with Crippen LogP contribution in [-0.4, -0.2) is 29.8 Å². The van der Waals surface area contributed by atoms with Gasteiger partial charge in [0.25, 0.3) is 5.91 Å². The van der Waals surface area contributed by atoms with Crippen molar-refractivity contribution in [3.8, 4) is 22.8 Å². The van der Waals surface area contributed by atoms with Gasteiger partial charge in [-0.3, -0.25) is 9.89 Å². The number of aromatic nitrogens is 2. The first kappa shape index (κ1) is 18.1. The predicted octanol–water partition coefficient (Wildman–Crippen LogP) is 3.90. The maximum Gasteiger partial charge on any atom is 0.255 e. The summed E-state index contributed by atoms with van der Waals surface area (Å²) in [5.74, 6) is 1.55. The minimum absolute atomic E-state index is 0.127. The molecule has 0 spiro atoms. The van der Waals surface area contributed by atoms with Gasteiger partial charge in [-0.2, -0.15) is 5.10 Å². The normalized spacial score (nSPS) is 13.9. The Morgan fingerprint density at radius 3 is 2.86 bits per heavy atom. The number of aryl methyl sites for hydroxylation is 1. The Hall–Kier alpha value is -3.28. The van der Waals surface area contributed by atoms with Crippen LogP contribution in [0.3, 0.4) is 0 Å². The number of H-pyrrole nitrogens is 1. The van der Waals surface area contributed by atoms with Gasteiger partial charge in [-0.05, 0) is 61.2 Å². The minimum atomic E-state index is -0.166. The molecule has 3 aromatic rings. The lowest BCUT2D eigenvalue weighted by Gasteiger charge is -2.20. The third-order valence-electron chi connectivity index (χ3n) is 5.04. The monoisotopic (exact) mass is 377 g/mol.